The van der Waals surface area contributed by atoms with E-state index in [0.717, 1.165) is 54.9 Å². The Hall–Kier alpha value is -2.66. The molecule has 2 heterocycles. The first-order chi connectivity index (χ1) is 14.4. The highest BCUT2D eigenvalue weighted by atomic mass is 16.2. The molecule has 0 saturated carbocycles. The fraction of sp³-hybridized carbons (Fsp3) is 0.440. The van der Waals surface area contributed by atoms with Crippen molar-refractivity contribution in [2.75, 3.05) is 32.7 Å². The van der Waals surface area contributed by atoms with E-state index in [2.05, 4.69) is 18.7 Å². The van der Waals surface area contributed by atoms with Crippen molar-refractivity contribution >= 4 is 11.8 Å². The number of rotatable bonds is 3. The molecule has 0 atom stereocenters. The number of hydrogen-bond acceptors (Lipinski definition) is 3. The lowest BCUT2D eigenvalue weighted by Crippen LogP contribution is -2.50. The van der Waals surface area contributed by atoms with Crippen LogP contribution in [0.1, 0.15) is 51.3 Å². The lowest BCUT2D eigenvalue weighted by atomic mass is 9.96. The molecule has 5 nitrogen and oxygen atoms in total. The highest BCUT2D eigenvalue weighted by molar-refractivity contribution is 5.95. The molecular weight excluding hydrogens is 374 g/mol. The number of fused-ring (bicyclic) bond motifs is 1. The van der Waals surface area contributed by atoms with Crippen LogP contribution in [0.2, 0.25) is 0 Å². The third-order valence-corrected chi connectivity index (χ3v) is 6.38. The van der Waals surface area contributed by atoms with Crippen LogP contribution < -0.4 is 0 Å². The SMILES string of the molecule is Cc1ccc(C(=O)N2CCc3cc(C(=O)N4CCN(C(C)C)CC4)ccc3C2)cc1. The van der Waals surface area contributed by atoms with Crippen LogP contribution in [0.3, 0.4) is 0 Å². The van der Waals surface area contributed by atoms with Gasteiger partial charge in [-0.3, -0.25) is 14.5 Å². The first kappa shape index (κ1) is 20.6. The van der Waals surface area contributed by atoms with Crippen LogP contribution in [-0.4, -0.2) is 65.3 Å². The average molecular weight is 406 g/mol. The predicted octanol–water partition coefficient (Wildman–Crippen LogP) is 3.36. The maximum absolute atomic E-state index is 13.0. The molecule has 158 valence electrons. The molecule has 4 rings (SSSR count). The van der Waals surface area contributed by atoms with Crippen molar-refractivity contribution in [3.05, 3.63) is 70.3 Å². The van der Waals surface area contributed by atoms with E-state index in [0.29, 0.717) is 19.1 Å². The molecule has 0 bridgehead atoms. The maximum Gasteiger partial charge on any atom is 0.254 e. The molecule has 1 saturated heterocycles. The number of carbonyl (C=O) groups is 2. The lowest BCUT2D eigenvalue weighted by Gasteiger charge is -2.37. The van der Waals surface area contributed by atoms with E-state index < -0.39 is 0 Å². The molecule has 2 aliphatic heterocycles. The summed E-state index contributed by atoms with van der Waals surface area (Å²) in [4.78, 5) is 32.1. The minimum Gasteiger partial charge on any atom is -0.336 e. The summed E-state index contributed by atoms with van der Waals surface area (Å²) in [6.45, 7) is 11.2. The van der Waals surface area contributed by atoms with Gasteiger partial charge in [-0.05, 0) is 62.6 Å². The molecule has 0 radical (unpaired) electrons. The highest BCUT2D eigenvalue weighted by Crippen LogP contribution is 2.23. The molecule has 30 heavy (non-hydrogen) atoms. The van der Waals surface area contributed by atoms with E-state index in [4.69, 9.17) is 0 Å². The third kappa shape index (κ3) is 4.26. The molecule has 0 aliphatic carbocycles. The van der Waals surface area contributed by atoms with Gasteiger partial charge in [-0.25, -0.2) is 0 Å². The van der Waals surface area contributed by atoms with Crippen molar-refractivity contribution in [1.82, 2.24) is 14.7 Å². The number of benzene rings is 2. The van der Waals surface area contributed by atoms with Gasteiger partial charge in [0, 0.05) is 56.4 Å². The molecule has 0 spiro atoms. The lowest BCUT2D eigenvalue weighted by molar-refractivity contribution is 0.0594. The molecule has 0 aromatic heterocycles. The van der Waals surface area contributed by atoms with E-state index in [-0.39, 0.29) is 11.8 Å². The Balaban J connectivity index is 1.42. The summed E-state index contributed by atoms with van der Waals surface area (Å²) in [6.07, 6.45) is 0.787. The van der Waals surface area contributed by atoms with Crippen LogP contribution >= 0.6 is 0 Å². The molecule has 0 unspecified atom stereocenters. The molecule has 2 aliphatic rings. The Labute approximate surface area is 179 Å². The Bertz CT molecular complexity index is 928. The first-order valence-corrected chi connectivity index (χ1v) is 10.9. The van der Waals surface area contributed by atoms with Crippen LogP contribution in [0.5, 0.6) is 0 Å². The van der Waals surface area contributed by atoms with Gasteiger partial charge in [0.05, 0.1) is 0 Å². The maximum atomic E-state index is 13.0. The minimum absolute atomic E-state index is 0.0730. The van der Waals surface area contributed by atoms with Gasteiger partial charge in [0.25, 0.3) is 11.8 Å². The van der Waals surface area contributed by atoms with Crippen LogP contribution in [0.25, 0.3) is 0 Å². The van der Waals surface area contributed by atoms with Gasteiger partial charge in [0.15, 0.2) is 0 Å². The molecular formula is C25H31N3O2. The quantitative estimate of drug-likeness (QED) is 0.787. The van der Waals surface area contributed by atoms with Gasteiger partial charge in [0.1, 0.15) is 0 Å². The van der Waals surface area contributed by atoms with Gasteiger partial charge >= 0.3 is 0 Å². The Morgan fingerprint density at radius 2 is 1.40 bits per heavy atom. The van der Waals surface area contributed by atoms with E-state index in [1.807, 2.05) is 59.2 Å². The van der Waals surface area contributed by atoms with Gasteiger partial charge in [-0.2, -0.15) is 0 Å². The fourth-order valence-corrected chi connectivity index (χ4v) is 4.36. The largest absolute Gasteiger partial charge is 0.336 e. The van der Waals surface area contributed by atoms with Crippen molar-refractivity contribution in [3.63, 3.8) is 0 Å². The number of nitrogens with zero attached hydrogens (tertiary/aromatic N) is 3. The zero-order chi connectivity index (χ0) is 21.3. The summed E-state index contributed by atoms with van der Waals surface area (Å²) >= 11 is 0. The summed E-state index contributed by atoms with van der Waals surface area (Å²) in [5, 5.41) is 0. The summed E-state index contributed by atoms with van der Waals surface area (Å²) in [5.74, 6) is 0.197. The smallest absolute Gasteiger partial charge is 0.254 e. The van der Waals surface area contributed by atoms with Crippen molar-refractivity contribution in [2.24, 2.45) is 0 Å². The standard InChI is InChI=1S/C25H31N3O2/c1-18(2)26-12-14-27(15-13-26)25(30)22-8-9-23-17-28(11-10-21(23)16-22)24(29)20-6-4-19(3)5-7-20/h4-9,16,18H,10-15,17H2,1-3H3. The normalized spacial score (nSPS) is 17.2. The second kappa shape index (κ2) is 8.60. The van der Waals surface area contributed by atoms with E-state index in [1.165, 1.54) is 5.56 Å². The predicted molar refractivity (Wildman–Crippen MR) is 119 cm³/mol. The van der Waals surface area contributed by atoms with Crippen molar-refractivity contribution in [1.29, 1.82) is 0 Å². The molecule has 2 aromatic carbocycles. The fourth-order valence-electron chi connectivity index (χ4n) is 4.36. The molecule has 0 N–H and O–H groups in total. The summed E-state index contributed by atoms with van der Waals surface area (Å²) in [7, 11) is 0. The van der Waals surface area contributed by atoms with Gasteiger partial charge in [0.2, 0.25) is 0 Å². The molecule has 2 aromatic rings. The average Bonchev–Trinajstić information content (AvgIpc) is 2.78. The minimum atomic E-state index is 0.0730. The molecule has 2 amide bonds. The Morgan fingerprint density at radius 3 is 2.07 bits per heavy atom. The van der Waals surface area contributed by atoms with Crippen molar-refractivity contribution < 1.29 is 9.59 Å². The zero-order valence-corrected chi connectivity index (χ0v) is 18.2. The van der Waals surface area contributed by atoms with Crippen LogP contribution in [0.15, 0.2) is 42.5 Å². The van der Waals surface area contributed by atoms with Gasteiger partial charge in [-0.15, -0.1) is 0 Å². The number of carbonyl (C=O) groups excluding carboxylic acids is 2. The summed E-state index contributed by atoms with van der Waals surface area (Å²) < 4.78 is 0. The number of amides is 2. The molecule has 1 fully saturated rings. The van der Waals surface area contributed by atoms with Crippen LogP contribution in [-0.2, 0) is 13.0 Å². The summed E-state index contributed by atoms with van der Waals surface area (Å²) in [5.41, 5.74) is 4.98. The van der Waals surface area contributed by atoms with E-state index >= 15 is 0 Å². The number of aryl methyl sites for hydroxylation is 1. The van der Waals surface area contributed by atoms with Crippen molar-refractivity contribution in [3.8, 4) is 0 Å². The topological polar surface area (TPSA) is 43.9 Å². The number of piperazine rings is 1. The van der Waals surface area contributed by atoms with Crippen LogP contribution in [0.4, 0.5) is 0 Å². The second-order valence-electron chi connectivity index (χ2n) is 8.75. The van der Waals surface area contributed by atoms with Gasteiger partial charge < -0.3 is 9.80 Å². The van der Waals surface area contributed by atoms with Crippen LogP contribution in [0, 0.1) is 6.92 Å². The molecule has 5 heteroatoms. The monoisotopic (exact) mass is 405 g/mol. The van der Waals surface area contributed by atoms with E-state index in [9.17, 15) is 9.59 Å². The first-order valence-electron chi connectivity index (χ1n) is 10.9. The number of hydrogen-bond donors (Lipinski definition) is 0. The zero-order valence-electron chi connectivity index (χ0n) is 18.2. The van der Waals surface area contributed by atoms with Crippen molar-refractivity contribution in [2.45, 2.75) is 39.8 Å². The third-order valence-electron chi connectivity index (χ3n) is 6.38. The highest BCUT2D eigenvalue weighted by Gasteiger charge is 2.26. The second-order valence-corrected chi connectivity index (χ2v) is 8.75. The summed E-state index contributed by atoms with van der Waals surface area (Å²) in [6, 6.07) is 14.3. The Kier molecular flexibility index (Phi) is 5.91. The Morgan fingerprint density at radius 1 is 0.767 bits per heavy atom. The van der Waals surface area contributed by atoms with E-state index in [1.54, 1.807) is 0 Å². The van der Waals surface area contributed by atoms with Gasteiger partial charge in [-0.1, -0.05) is 23.8 Å².